The summed E-state index contributed by atoms with van der Waals surface area (Å²) >= 11 is 0. The van der Waals surface area contributed by atoms with E-state index in [9.17, 15) is 4.79 Å². The molecule has 89 valence electrons. The third kappa shape index (κ3) is 16.8. The summed E-state index contributed by atoms with van der Waals surface area (Å²) in [6.45, 7) is 2.92. The quantitative estimate of drug-likeness (QED) is 0.231. The molecule has 1 radical (unpaired) electrons. The van der Waals surface area contributed by atoms with E-state index in [1.807, 2.05) is 0 Å². The van der Waals surface area contributed by atoms with Crippen LogP contribution in [0.5, 0.6) is 0 Å². The molecule has 0 atom stereocenters. The van der Waals surface area contributed by atoms with Crippen LogP contribution in [-0.4, -0.2) is 42.2 Å². The van der Waals surface area contributed by atoms with Crippen molar-refractivity contribution in [1.82, 2.24) is 0 Å². The summed E-state index contributed by atoms with van der Waals surface area (Å²) in [6.07, 6.45) is 14.8. The topological polar surface area (TPSA) is 29.4 Å². The Morgan fingerprint density at radius 1 is 0.812 bits per heavy atom. The molecular formula is C13H25NNaO. The minimum absolute atomic E-state index is 0. The van der Waals surface area contributed by atoms with E-state index in [-0.39, 0.29) is 29.6 Å². The van der Waals surface area contributed by atoms with Crippen molar-refractivity contribution < 1.29 is 4.79 Å². The van der Waals surface area contributed by atoms with Gasteiger partial charge in [0.05, 0.1) is 6.54 Å². The van der Waals surface area contributed by atoms with Crippen molar-refractivity contribution in [2.75, 3.05) is 6.54 Å². The molecule has 0 heterocycles. The summed E-state index contributed by atoms with van der Waals surface area (Å²) in [6, 6.07) is 0. The fourth-order valence-electron chi connectivity index (χ4n) is 1.72. The fourth-order valence-corrected chi connectivity index (χ4v) is 1.72. The molecule has 0 unspecified atom stereocenters. The Hall–Kier alpha value is 0.380. The van der Waals surface area contributed by atoms with Crippen molar-refractivity contribution in [1.29, 1.82) is 0 Å². The Kier molecular flexibility index (Phi) is 20.8. The molecule has 0 aromatic heterocycles. The average Bonchev–Trinajstić information content (AvgIpc) is 2.26. The Labute approximate surface area is 123 Å². The summed E-state index contributed by atoms with van der Waals surface area (Å²) in [7, 11) is 0. The summed E-state index contributed by atoms with van der Waals surface area (Å²) in [5.41, 5.74) is 0. The molecule has 2 nitrogen and oxygen atoms in total. The smallest absolute Gasteiger partial charge is 0.211 e. The van der Waals surface area contributed by atoms with Gasteiger partial charge in [-0.15, -0.1) is 0 Å². The summed E-state index contributed by atoms with van der Waals surface area (Å²) in [5, 5.41) is 0. The first-order chi connectivity index (χ1) is 7.41. The standard InChI is InChI=1S/C13H25NO.Na/c1-2-3-4-5-6-7-8-9-10-11-12-14-13-15;/h2-12H2,1H3;. The zero-order valence-corrected chi connectivity index (χ0v) is 13.1. The molecule has 3 heteroatoms. The molecule has 16 heavy (non-hydrogen) atoms. The summed E-state index contributed by atoms with van der Waals surface area (Å²) < 4.78 is 0. The zero-order chi connectivity index (χ0) is 11.2. The average molecular weight is 234 g/mol. The fraction of sp³-hybridized carbons (Fsp3) is 0.923. The summed E-state index contributed by atoms with van der Waals surface area (Å²) in [5.74, 6) is 0. The van der Waals surface area contributed by atoms with Crippen molar-refractivity contribution in [2.24, 2.45) is 4.99 Å². The molecule has 0 aliphatic rings. The molecule has 0 saturated carbocycles. The van der Waals surface area contributed by atoms with Gasteiger partial charge in [-0.1, -0.05) is 64.7 Å². The van der Waals surface area contributed by atoms with Crippen LogP contribution in [0, 0.1) is 0 Å². The van der Waals surface area contributed by atoms with Gasteiger partial charge in [-0.2, -0.15) is 0 Å². The van der Waals surface area contributed by atoms with Crippen LogP contribution in [0.2, 0.25) is 0 Å². The second kappa shape index (κ2) is 17.8. The first-order valence-electron chi connectivity index (χ1n) is 6.45. The summed E-state index contributed by atoms with van der Waals surface area (Å²) in [4.78, 5) is 13.3. The number of hydrogen-bond donors (Lipinski definition) is 0. The van der Waals surface area contributed by atoms with Gasteiger partial charge in [0.1, 0.15) is 0 Å². The monoisotopic (exact) mass is 234 g/mol. The molecule has 0 N–H and O–H groups in total. The van der Waals surface area contributed by atoms with Crippen LogP contribution in [0.4, 0.5) is 0 Å². The van der Waals surface area contributed by atoms with Crippen molar-refractivity contribution in [3.05, 3.63) is 0 Å². The predicted molar refractivity (Wildman–Crippen MR) is 70.6 cm³/mol. The molecule has 0 aliphatic carbocycles. The van der Waals surface area contributed by atoms with Crippen LogP contribution in [0.1, 0.15) is 71.1 Å². The Morgan fingerprint density at radius 2 is 1.25 bits per heavy atom. The number of aliphatic imine (C=N–C) groups is 1. The van der Waals surface area contributed by atoms with Crippen molar-refractivity contribution in [3.8, 4) is 0 Å². The number of unbranched alkanes of at least 4 members (excludes halogenated alkanes) is 9. The van der Waals surface area contributed by atoms with Gasteiger partial charge in [0.2, 0.25) is 6.08 Å². The molecule has 0 aromatic rings. The van der Waals surface area contributed by atoms with Gasteiger partial charge in [0.15, 0.2) is 0 Å². The van der Waals surface area contributed by atoms with Gasteiger partial charge in [0.25, 0.3) is 0 Å². The van der Waals surface area contributed by atoms with Crippen LogP contribution in [-0.2, 0) is 4.79 Å². The number of nitrogens with zero attached hydrogens (tertiary/aromatic N) is 1. The van der Waals surface area contributed by atoms with Crippen LogP contribution in [0.3, 0.4) is 0 Å². The minimum atomic E-state index is 0. The van der Waals surface area contributed by atoms with Crippen LogP contribution in [0.15, 0.2) is 4.99 Å². The maximum atomic E-state index is 9.77. The van der Waals surface area contributed by atoms with Crippen molar-refractivity contribution in [2.45, 2.75) is 71.1 Å². The molecular weight excluding hydrogens is 209 g/mol. The first-order valence-corrected chi connectivity index (χ1v) is 6.45. The van der Waals surface area contributed by atoms with Gasteiger partial charge in [-0.05, 0) is 6.42 Å². The van der Waals surface area contributed by atoms with Gasteiger partial charge in [-0.3, -0.25) is 0 Å². The molecule has 0 saturated heterocycles. The second-order valence-corrected chi connectivity index (χ2v) is 4.15. The van der Waals surface area contributed by atoms with Gasteiger partial charge in [0, 0.05) is 29.6 Å². The number of rotatable bonds is 11. The molecule has 0 aliphatic heterocycles. The second-order valence-electron chi connectivity index (χ2n) is 4.15. The molecule has 0 bridgehead atoms. The minimum Gasteiger partial charge on any atom is -0.211 e. The number of carbonyl (C=O) groups excluding carboxylic acids is 1. The molecule has 0 fully saturated rings. The SMILES string of the molecule is CCCCCCCCCCCCN=C=O.[Na]. The molecule has 0 amide bonds. The van der Waals surface area contributed by atoms with Crippen molar-refractivity contribution in [3.63, 3.8) is 0 Å². The van der Waals surface area contributed by atoms with E-state index in [0.29, 0.717) is 6.54 Å². The van der Waals surface area contributed by atoms with Gasteiger partial charge < -0.3 is 0 Å². The Bertz CT molecular complexity index is 167. The van der Waals surface area contributed by atoms with E-state index in [1.54, 1.807) is 6.08 Å². The van der Waals surface area contributed by atoms with Gasteiger partial charge >= 0.3 is 0 Å². The molecule has 0 aromatic carbocycles. The molecule has 0 spiro atoms. The van der Waals surface area contributed by atoms with E-state index < -0.39 is 0 Å². The third-order valence-electron chi connectivity index (χ3n) is 2.69. The van der Waals surface area contributed by atoms with E-state index in [1.165, 1.54) is 57.8 Å². The first kappa shape index (κ1) is 18.7. The maximum absolute atomic E-state index is 9.77. The zero-order valence-electron chi connectivity index (χ0n) is 11.1. The van der Waals surface area contributed by atoms with Crippen molar-refractivity contribution >= 4 is 35.6 Å². The van der Waals surface area contributed by atoms with Crippen LogP contribution in [0.25, 0.3) is 0 Å². The van der Waals surface area contributed by atoms with Gasteiger partial charge in [-0.25, -0.2) is 9.79 Å². The van der Waals surface area contributed by atoms with E-state index in [0.717, 1.165) is 6.42 Å². The maximum Gasteiger partial charge on any atom is 0.234 e. The Balaban J connectivity index is 0. The molecule has 0 rings (SSSR count). The largest absolute Gasteiger partial charge is 0.234 e. The number of hydrogen-bond acceptors (Lipinski definition) is 2. The number of isocyanates is 1. The normalized spacial score (nSPS) is 9.31. The van der Waals surface area contributed by atoms with E-state index in [2.05, 4.69) is 11.9 Å². The Morgan fingerprint density at radius 3 is 1.69 bits per heavy atom. The van der Waals surface area contributed by atoms with E-state index in [4.69, 9.17) is 0 Å². The van der Waals surface area contributed by atoms with E-state index >= 15 is 0 Å². The van der Waals surface area contributed by atoms with Crippen LogP contribution < -0.4 is 0 Å². The third-order valence-corrected chi connectivity index (χ3v) is 2.69. The van der Waals surface area contributed by atoms with Crippen LogP contribution >= 0.6 is 0 Å². The predicted octanol–water partition coefficient (Wildman–Crippen LogP) is 3.86.